The summed E-state index contributed by atoms with van der Waals surface area (Å²) in [5.74, 6) is 0.377. The van der Waals surface area contributed by atoms with Crippen LogP contribution in [0.4, 0.5) is 0 Å². The fourth-order valence-corrected chi connectivity index (χ4v) is 1.66. The van der Waals surface area contributed by atoms with E-state index in [4.69, 9.17) is 10.00 Å². The molecule has 0 bridgehead atoms. The molecular formula is C11H11BrN2O2. The Morgan fingerprint density at radius 3 is 2.81 bits per heavy atom. The molecule has 0 aromatic heterocycles. The standard InChI is InChI=1S/C11H11BrN2O2/c1-7(6-13)14-11(15)8-3-4-10(16-2)9(12)5-8/h3-5,7H,1-2H3,(H,14,15). The van der Waals surface area contributed by atoms with E-state index in [1.807, 2.05) is 6.07 Å². The van der Waals surface area contributed by atoms with E-state index < -0.39 is 6.04 Å². The summed E-state index contributed by atoms with van der Waals surface area (Å²) < 4.78 is 5.75. The molecule has 1 aromatic carbocycles. The minimum absolute atomic E-state index is 0.280. The number of hydrogen-bond acceptors (Lipinski definition) is 3. The quantitative estimate of drug-likeness (QED) is 0.924. The summed E-state index contributed by atoms with van der Waals surface area (Å²) in [5, 5.41) is 11.1. The van der Waals surface area contributed by atoms with Crippen molar-refractivity contribution in [2.45, 2.75) is 13.0 Å². The molecule has 0 aliphatic rings. The van der Waals surface area contributed by atoms with Crippen molar-refractivity contribution in [2.75, 3.05) is 7.11 Å². The molecule has 1 atom stereocenters. The fourth-order valence-electron chi connectivity index (χ4n) is 1.12. The van der Waals surface area contributed by atoms with Gasteiger partial charge in [-0.2, -0.15) is 5.26 Å². The SMILES string of the molecule is COc1ccc(C(=O)NC(C)C#N)cc1Br. The molecular weight excluding hydrogens is 272 g/mol. The highest BCUT2D eigenvalue weighted by Crippen LogP contribution is 2.25. The molecule has 1 unspecified atom stereocenters. The van der Waals surface area contributed by atoms with Gasteiger partial charge in [0, 0.05) is 5.56 Å². The topological polar surface area (TPSA) is 62.1 Å². The van der Waals surface area contributed by atoms with Gasteiger partial charge in [0.1, 0.15) is 11.8 Å². The van der Waals surface area contributed by atoms with Gasteiger partial charge in [-0.25, -0.2) is 0 Å². The summed E-state index contributed by atoms with van der Waals surface area (Å²) in [6, 6.07) is 6.41. The second kappa shape index (κ2) is 5.52. The van der Waals surface area contributed by atoms with E-state index in [0.29, 0.717) is 15.8 Å². The maximum atomic E-state index is 11.6. The molecule has 0 aliphatic heterocycles. The second-order valence-corrected chi connectivity index (χ2v) is 4.03. The van der Waals surface area contributed by atoms with E-state index in [2.05, 4.69) is 21.2 Å². The molecule has 0 saturated carbocycles. The van der Waals surface area contributed by atoms with Crippen LogP contribution in [0.5, 0.6) is 5.75 Å². The number of hydrogen-bond donors (Lipinski definition) is 1. The third-order valence-corrected chi connectivity index (χ3v) is 2.57. The van der Waals surface area contributed by atoms with Crippen LogP contribution >= 0.6 is 15.9 Å². The summed E-state index contributed by atoms with van der Waals surface area (Å²) >= 11 is 3.29. The van der Waals surface area contributed by atoms with Crippen molar-refractivity contribution in [2.24, 2.45) is 0 Å². The molecule has 0 spiro atoms. The lowest BCUT2D eigenvalue weighted by molar-refractivity contribution is 0.0947. The normalized spacial score (nSPS) is 11.4. The maximum absolute atomic E-state index is 11.6. The zero-order valence-electron chi connectivity index (χ0n) is 8.95. The smallest absolute Gasteiger partial charge is 0.252 e. The summed E-state index contributed by atoms with van der Waals surface area (Å²) in [6.45, 7) is 1.62. The van der Waals surface area contributed by atoms with Gasteiger partial charge in [0.05, 0.1) is 17.7 Å². The number of methoxy groups -OCH3 is 1. The van der Waals surface area contributed by atoms with Gasteiger partial charge in [0.2, 0.25) is 0 Å². The van der Waals surface area contributed by atoms with Gasteiger partial charge in [-0.15, -0.1) is 0 Å². The number of benzene rings is 1. The molecule has 5 heteroatoms. The molecule has 84 valence electrons. The van der Waals surface area contributed by atoms with Crippen molar-refractivity contribution in [1.29, 1.82) is 5.26 Å². The summed E-state index contributed by atoms with van der Waals surface area (Å²) in [4.78, 5) is 11.6. The van der Waals surface area contributed by atoms with Gasteiger partial charge < -0.3 is 10.1 Å². The predicted molar refractivity (Wildman–Crippen MR) is 63.2 cm³/mol. The van der Waals surface area contributed by atoms with Gasteiger partial charge in [-0.3, -0.25) is 4.79 Å². The second-order valence-electron chi connectivity index (χ2n) is 3.17. The number of nitrogens with one attached hydrogen (secondary N) is 1. The Kier molecular flexibility index (Phi) is 4.32. The fraction of sp³-hybridized carbons (Fsp3) is 0.273. The van der Waals surface area contributed by atoms with Crippen molar-refractivity contribution >= 4 is 21.8 Å². The van der Waals surface area contributed by atoms with E-state index in [0.717, 1.165) is 0 Å². The van der Waals surface area contributed by atoms with Crippen LogP contribution < -0.4 is 10.1 Å². The Bertz CT molecular complexity index is 440. The molecule has 0 radical (unpaired) electrons. The van der Waals surface area contributed by atoms with Crippen molar-refractivity contribution in [3.8, 4) is 11.8 Å². The van der Waals surface area contributed by atoms with Crippen LogP contribution in [0, 0.1) is 11.3 Å². The number of nitrogens with zero attached hydrogens (tertiary/aromatic N) is 1. The molecule has 4 nitrogen and oxygen atoms in total. The summed E-state index contributed by atoms with van der Waals surface area (Å²) in [6.07, 6.45) is 0. The number of halogens is 1. The van der Waals surface area contributed by atoms with Crippen molar-refractivity contribution < 1.29 is 9.53 Å². The zero-order valence-corrected chi connectivity index (χ0v) is 10.5. The number of ether oxygens (including phenoxy) is 1. The number of rotatable bonds is 3. The monoisotopic (exact) mass is 282 g/mol. The molecule has 0 saturated heterocycles. The molecule has 0 heterocycles. The van der Waals surface area contributed by atoms with Crippen LogP contribution in [0.1, 0.15) is 17.3 Å². The summed E-state index contributed by atoms with van der Waals surface area (Å²) in [5.41, 5.74) is 0.481. The number of carbonyl (C=O) groups is 1. The highest BCUT2D eigenvalue weighted by Gasteiger charge is 2.10. The summed E-state index contributed by atoms with van der Waals surface area (Å²) in [7, 11) is 1.55. The van der Waals surface area contributed by atoms with Gasteiger partial charge in [0.15, 0.2) is 0 Å². The third kappa shape index (κ3) is 2.97. The minimum Gasteiger partial charge on any atom is -0.496 e. The first-order chi connectivity index (χ1) is 7.58. The first kappa shape index (κ1) is 12.5. The lowest BCUT2D eigenvalue weighted by atomic mass is 10.2. The number of amides is 1. The van der Waals surface area contributed by atoms with E-state index in [1.165, 1.54) is 0 Å². The van der Waals surface area contributed by atoms with E-state index in [9.17, 15) is 4.79 Å². The van der Waals surface area contributed by atoms with E-state index >= 15 is 0 Å². The average Bonchev–Trinajstić information content (AvgIpc) is 2.28. The first-order valence-electron chi connectivity index (χ1n) is 4.62. The molecule has 0 fully saturated rings. The van der Waals surface area contributed by atoms with E-state index in [1.54, 1.807) is 32.2 Å². The lowest BCUT2D eigenvalue weighted by Crippen LogP contribution is -2.31. The molecule has 1 amide bonds. The highest BCUT2D eigenvalue weighted by atomic mass is 79.9. The molecule has 1 rings (SSSR count). The van der Waals surface area contributed by atoms with Crippen LogP contribution in [0.2, 0.25) is 0 Å². The molecule has 16 heavy (non-hydrogen) atoms. The van der Waals surface area contributed by atoms with Crippen LogP contribution in [-0.4, -0.2) is 19.1 Å². The Morgan fingerprint density at radius 1 is 1.62 bits per heavy atom. The van der Waals surface area contributed by atoms with Gasteiger partial charge in [-0.05, 0) is 41.1 Å². The van der Waals surface area contributed by atoms with Crippen LogP contribution in [0.3, 0.4) is 0 Å². The van der Waals surface area contributed by atoms with Crippen molar-refractivity contribution in [3.63, 3.8) is 0 Å². The Hall–Kier alpha value is -1.54. The number of carbonyl (C=O) groups excluding carboxylic acids is 1. The molecule has 1 N–H and O–H groups in total. The Balaban J connectivity index is 2.86. The molecule has 0 aliphatic carbocycles. The van der Waals surface area contributed by atoms with Crippen LogP contribution in [0.25, 0.3) is 0 Å². The predicted octanol–water partition coefficient (Wildman–Crippen LogP) is 2.10. The Labute approximate surface area is 102 Å². The van der Waals surface area contributed by atoms with Crippen LogP contribution in [0.15, 0.2) is 22.7 Å². The van der Waals surface area contributed by atoms with Gasteiger partial charge in [0.25, 0.3) is 5.91 Å². The minimum atomic E-state index is -0.506. The maximum Gasteiger partial charge on any atom is 0.252 e. The third-order valence-electron chi connectivity index (χ3n) is 1.96. The van der Waals surface area contributed by atoms with Gasteiger partial charge >= 0.3 is 0 Å². The average molecular weight is 283 g/mol. The largest absolute Gasteiger partial charge is 0.496 e. The lowest BCUT2D eigenvalue weighted by Gasteiger charge is -2.08. The highest BCUT2D eigenvalue weighted by molar-refractivity contribution is 9.10. The van der Waals surface area contributed by atoms with Crippen molar-refractivity contribution in [1.82, 2.24) is 5.32 Å². The number of nitriles is 1. The van der Waals surface area contributed by atoms with Gasteiger partial charge in [-0.1, -0.05) is 0 Å². The van der Waals surface area contributed by atoms with Crippen molar-refractivity contribution in [3.05, 3.63) is 28.2 Å². The molecule has 1 aromatic rings. The first-order valence-corrected chi connectivity index (χ1v) is 5.41. The van der Waals surface area contributed by atoms with E-state index in [-0.39, 0.29) is 5.91 Å². The van der Waals surface area contributed by atoms with Crippen LogP contribution in [-0.2, 0) is 0 Å². The Morgan fingerprint density at radius 2 is 2.31 bits per heavy atom. The zero-order chi connectivity index (χ0) is 12.1.